The van der Waals surface area contributed by atoms with Crippen LogP contribution in [0.3, 0.4) is 0 Å². The van der Waals surface area contributed by atoms with E-state index in [0.717, 1.165) is 45.7 Å². The molecular weight excluding hydrogens is 420 g/mol. The summed E-state index contributed by atoms with van der Waals surface area (Å²) in [6.45, 7) is 5.59. The van der Waals surface area contributed by atoms with Gasteiger partial charge in [0.2, 0.25) is 5.13 Å². The predicted octanol–water partition coefficient (Wildman–Crippen LogP) is 4.72. The largest absolute Gasteiger partial charge is 0.497 e. The molecule has 0 unspecified atom stereocenters. The number of ether oxygens (including phenoxy) is 2. The van der Waals surface area contributed by atoms with Crippen LogP contribution in [0.4, 0.5) is 10.8 Å². The molecular formula is C21H26N4O3S2. The minimum Gasteiger partial charge on any atom is -0.497 e. The fraction of sp³-hybridized carbons (Fsp3) is 0.381. The van der Waals surface area contributed by atoms with Crippen LogP contribution < -0.4 is 10.1 Å². The molecule has 160 valence electrons. The lowest BCUT2D eigenvalue weighted by Crippen LogP contribution is -2.08. The predicted molar refractivity (Wildman–Crippen MR) is 122 cm³/mol. The normalized spacial score (nSPS) is 10.9. The van der Waals surface area contributed by atoms with Gasteiger partial charge in [0, 0.05) is 42.9 Å². The van der Waals surface area contributed by atoms with E-state index in [2.05, 4.69) is 20.1 Å². The zero-order valence-corrected chi connectivity index (χ0v) is 19.2. The highest BCUT2D eigenvalue weighted by Gasteiger charge is 2.17. The monoisotopic (exact) mass is 446 g/mol. The van der Waals surface area contributed by atoms with E-state index < -0.39 is 0 Å². The second-order valence-corrected chi connectivity index (χ2v) is 8.92. The lowest BCUT2D eigenvalue weighted by atomic mass is 10.2. The van der Waals surface area contributed by atoms with Gasteiger partial charge in [-0.25, -0.2) is 0 Å². The fourth-order valence-corrected chi connectivity index (χ4v) is 4.77. The summed E-state index contributed by atoms with van der Waals surface area (Å²) in [7, 11) is 3.34. The Hall–Kier alpha value is -2.36. The van der Waals surface area contributed by atoms with E-state index in [1.807, 2.05) is 44.2 Å². The van der Waals surface area contributed by atoms with Crippen molar-refractivity contribution < 1.29 is 14.3 Å². The Morgan fingerprint density at radius 3 is 2.67 bits per heavy atom. The molecule has 30 heavy (non-hydrogen) atoms. The Balaban J connectivity index is 1.57. The number of Topliss-reactive ketones (excluding diaryl/α,β-unsaturated/α-hetero) is 1. The molecule has 1 aromatic carbocycles. The molecule has 0 saturated heterocycles. The summed E-state index contributed by atoms with van der Waals surface area (Å²) in [5, 5.41) is 12.2. The number of hydrogen-bond acceptors (Lipinski definition) is 8. The van der Waals surface area contributed by atoms with E-state index in [1.54, 1.807) is 14.2 Å². The maximum atomic E-state index is 12.8. The van der Waals surface area contributed by atoms with Crippen molar-refractivity contribution in [1.29, 1.82) is 0 Å². The topological polar surface area (TPSA) is 78.3 Å². The minimum atomic E-state index is 0.103. The van der Waals surface area contributed by atoms with Gasteiger partial charge in [-0.15, -0.1) is 10.2 Å². The van der Waals surface area contributed by atoms with Gasteiger partial charge in [0.05, 0.1) is 12.9 Å². The number of ketones is 1. The molecule has 0 aliphatic carbocycles. The number of carbonyl (C=O) groups excluding carboxylic acids is 1. The number of aromatic nitrogens is 3. The number of methoxy groups -OCH3 is 2. The highest BCUT2D eigenvalue weighted by molar-refractivity contribution is 8.01. The Morgan fingerprint density at radius 2 is 1.97 bits per heavy atom. The first-order chi connectivity index (χ1) is 14.5. The highest BCUT2D eigenvalue weighted by atomic mass is 32.2. The Kier molecular flexibility index (Phi) is 7.89. The van der Waals surface area contributed by atoms with E-state index in [1.165, 1.54) is 23.1 Å². The van der Waals surface area contributed by atoms with Gasteiger partial charge < -0.3 is 19.4 Å². The van der Waals surface area contributed by atoms with E-state index in [-0.39, 0.29) is 5.78 Å². The van der Waals surface area contributed by atoms with Crippen molar-refractivity contribution >= 4 is 39.7 Å². The average Bonchev–Trinajstić information content (AvgIpc) is 3.31. The fourth-order valence-electron chi connectivity index (χ4n) is 3.12. The third-order valence-corrected chi connectivity index (χ3v) is 6.65. The van der Waals surface area contributed by atoms with Gasteiger partial charge in [-0.1, -0.05) is 23.1 Å². The van der Waals surface area contributed by atoms with E-state index in [4.69, 9.17) is 9.47 Å². The van der Waals surface area contributed by atoms with Crippen molar-refractivity contribution in [3.63, 3.8) is 0 Å². The number of hydrogen-bond donors (Lipinski definition) is 1. The van der Waals surface area contributed by atoms with Gasteiger partial charge in [0.1, 0.15) is 5.75 Å². The van der Waals surface area contributed by atoms with Crippen LogP contribution in [0.15, 0.2) is 34.7 Å². The van der Waals surface area contributed by atoms with Gasteiger partial charge in [0.25, 0.3) is 0 Å². The summed E-state index contributed by atoms with van der Waals surface area (Å²) in [5.74, 6) is 1.23. The molecule has 9 heteroatoms. The van der Waals surface area contributed by atoms with Crippen molar-refractivity contribution in [2.45, 2.75) is 31.2 Å². The summed E-state index contributed by atoms with van der Waals surface area (Å²) in [4.78, 5) is 12.8. The number of anilines is 2. The van der Waals surface area contributed by atoms with Crippen LogP contribution in [-0.4, -0.2) is 47.1 Å². The minimum absolute atomic E-state index is 0.103. The molecule has 3 rings (SSSR count). The molecule has 0 saturated carbocycles. The van der Waals surface area contributed by atoms with Crippen molar-refractivity contribution in [1.82, 2.24) is 14.8 Å². The maximum absolute atomic E-state index is 12.8. The lowest BCUT2D eigenvalue weighted by molar-refractivity contribution is 0.102. The van der Waals surface area contributed by atoms with E-state index in [9.17, 15) is 4.79 Å². The molecule has 7 nitrogen and oxygen atoms in total. The van der Waals surface area contributed by atoms with Crippen LogP contribution in [0.1, 0.15) is 28.2 Å². The van der Waals surface area contributed by atoms with Crippen LogP contribution in [0.2, 0.25) is 0 Å². The van der Waals surface area contributed by atoms with Gasteiger partial charge in [-0.05, 0) is 50.6 Å². The number of thioether (sulfide) groups is 1. The van der Waals surface area contributed by atoms with Crippen LogP contribution in [-0.2, 0) is 11.3 Å². The van der Waals surface area contributed by atoms with Gasteiger partial charge >= 0.3 is 0 Å². The van der Waals surface area contributed by atoms with E-state index >= 15 is 0 Å². The Labute approximate surface area is 184 Å². The standard InChI is InChI=1S/C21H26N4O3S2/c1-14-12-18(15(2)25(14)10-5-11-27-3)19(26)13-29-21-24-23-20(30-21)22-16-6-8-17(28-4)9-7-16/h6-9,12H,5,10-11,13H2,1-4H3,(H,22,23). The zero-order valence-electron chi connectivity index (χ0n) is 17.6. The average molecular weight is 447 g/mol. The quantitative estimate of drug-likeness (QED) is 0.259. The third-order valence-electron chi connectivity index (χ3n) is 4.68. The number of rotatable bonds is 11. The SMILES string of the molecule is COCCCn1c(C)cc(C(=O)CSc2nnc(Nc3ccc(OC)cc3)s2)c1C. The Bertz CT molecular complexity index is 983. The molecule has 0 amide bonds. The molecule has 2 heterocycles. The first kappa shape index (κ1) is 22.3. The first-order valence-electron chi connectivity index (χ1n) is 9.58. The Morgan fingerprint density at radius 1 is 1.20 bits per heavy atom. The highest BCUT2D eigenvalue weighted by Crippen LogP contribution is 2.29. The van der Waals surface area contributed by atoms with Crippen LogP contribution in [0.25, 0.3) is 0 Å². The first-order valence-corrected chi connectivity index (χ1v) is 11.4. The number of nitrogens with zero attached hydrogens (tertiary/aromatic N) is 3. The van der Waals surface area contributed by atoms with Gasteiger partial charge in [-0.3, -0.25) is 4.79 Å². The molecule has 0 fully saturated rings. The third kappa shape index (κ3) is 5.62. The molecule has 0 atom stereocenters. The summed E-state index contributed by atoms with van der Waals surface area (Å²) in [6, 6.07) is 9.56. The smallest absolute Gasteiger partial charge is 0.210 e. The molecule has 1 N–H and O–H groups in total. The summed E-state index contributed by atoms with van der Waals surface area (Å²) < 4.78 is 13.2. The maximum Gasteiger partial charge on any atom is 0.210 e. The molecule has 0 aliphatic rings. The molecule has 2 aromatic heterocycles. The number of aryl methyl sites for hydroxylation is 1. The van der Waals surface area contributed by atoms with Crippen molar-refractivity contribution in [2.75, 3.05) is 31.9 Å². The van der Waals surface area contributed by atoms with Gasteiger partial charge in [0.15, 0.2) is 10.1 Å². The van der Waals surface area contributed by atoms with Gasteiger partial charge in [-0.2, -0.15) is 0 Å². The molecule has 0 spiro atoms. The lowest BCUT2D eigenvalue weighted by Gasteiger charge is -2.09. The second-order valence-electron chi connectivity index (χ2n) is 6.72. The van der Waals surface area contributed by atoms with Crippen LogP contribution in [0, 0.1) is 13.8 Å². The van der Waals surface area contributed by atoms with Crippen LogP contribution in [0.5, 0.6) is 5.75 Å². The summed E-state index contributed by atoms with van der Waals surface area (Å²) in [6.07, 6.45) is 0.921. The molecule has 3 aromatic rings. The molecule has 0 radical (unpaired) electrons. The van der Waals surface area contributed by atoms with Crippen molar-refractivity contribution in [3.05, 3.63) is 47.3 Å². The summed E-state index contributed by atoms with van der Waals surface area (Å²) in [5.41, 5.74) is 3.78. The number of benzene rings is 1. The van der Waals surface area contributed by atoms with Crippen LogP contribution >= 0.6 is 23.1 Å². The van der Waals surface area contributed by atoms with Crippen molar-refractivity contribution in [2.24, 2.45) is 0 Å². The number of carbonyl (C=O) groups is 1. The molecule has 0 aliphatic heterocycles. The van der Waals surface area contributed by atoms with E-state index in [0.29, 0.717) is 17.5 Å². The zero-order chi connectivity index (χ0) is 21.5. The number of nitrogens with one attached hydrogen (secondary N) is 1. The van der Waals surface area contributed by atoms with Crippen molar-refractivity contribution in [3.8, 4) is 5.75 Å². The second kappa shape index (κ2) is 10.6. The molecule has 0 bridgehead atoms. The summed E-state index contributed by atoms with van der Waals surface area (Å²) >= 11 is 2.84.